The Morgan fingerprint density at radius 1 is 1.20 bits per heavy atom. The Kier molecular flexibility index (Phi) is 6.22. The lowest BCUT2D eigenvalue weighted by molar-refractivity contribution is -0.131. The Bertz CT molecular complexity index is 595. The number of likely N-dealkylation sites (tertiary alicyclic amines) is 1. The van der Waals surface area contributed by atoms with E-state index in [0.717, 1.165) is 19.4 Å². The Morgan fingerprint density at radius 2 is 1.84 bits per heavy atom. The predicted molar refractivity (Wildman–Crippen MR) is 100 cm³/mol. The molecule has 0 radical (unpaired) electrons. The highest BCUT2D eigenvalue weighted by atomic mass is 16.2. The van der Waals surface area contributed by atoms with Crippen molar-refractivity contribution in [1.29, 1.82) is 0 Å². The lowest BCUT2D eigenvalue weighted by Crippen LogP contribution is -2.60. The Labute approximate surface area is 151 Å². The number of hydrogen-bond donors (Lipinski definition) is 2. The quantitative estimate of drug-likeness (QED) is 0.882. The minimum absolute atomic E-state index is 0.0271. The second-order valence-corrected chi connectivity index (χ2v) is 8.08. The number of carbonyl (C=O) groups is 2. The molecule has 0 aliphatic carbocycles. The molecule has 1 aliphatic heterocycles. The van der Waals surface area contributed by atoms with E-state index in [-0.39, 0.29) is 29.9 Å². The number of hydrogen-bond acceptors (Lipinski definition) is 3. The maximum absolute atomic E-state index is 12.5. The van der Waals surface area contributed by atoms with Gasteiger partial charge in [-0.1, -0.05) is 39.0 Å². The van der Waals surface area contributed by atoms with Gasteiger partial charge in [-0.25, -0.2) is 0 Å². The highest BCUT2D eigenvalue weighted by Gasteiger charge is 2.36. The number of nitrogens with one attached hydrogen (secondary N) is 2. The van der Waals surface area contributed by atoms with Crippen molar-refractivity contribution in [3.63, 3.8) is 0 Å². The highest BCUT2D eigenvalue weighted by Crippen LogP contribution is 2.25. The molecule has 5 heteroatoms. The summed E-state index contributed by atoms with van der Waals surface area (Å²) in [7, 11) is 2.03. The summed E-state index contributed by atoms with van der Waals surface area (Å²) in [5, 5.41) is 6.30. The van der Waals surface area contributed by atoms with E-state index in [1.165, 1.54) is 0 Å². The molecular weight excluding hydrogens is 314 g/mol. The van der Waals surface area contributed by atoms with Crippen LogP contribution in [0.3, 0.4) is 0 Å². The second-order valence-electron chi connectivity index (χ2n) is 8.08. The third-order valence-electron chi connectivity index (χ3n) is 4.93. The van der Waals surface area contributed by atoms with Gasteiger partial charge in [-0.2, -0.15) is 0 Å². The van der Waals surface area contributed by atoms with E-state index in [0.29, 0.717) is 5.56 Å². The fraction of sp³-hybridized carbons (Fsp3) is 0.600. The minimum atomic E-state index is -0.431. The van der Waals surface area contributed by atoms with Gasteiger partial charge in [0.25, 0.3) is 5.91 Å². The molecule has 25 heavy (non-hydrogen) atoms. The summed E-state index contributed by atoms with van der Waals surface area (Å²) in [4.78, 5) is 27.1. The zero-order chi connectivity index (χ0) is 18.6. The van der Waals surface area contributed by atoms with Crippen LogP contribution in [-0.4, -0.2) is 42.5 Å². The molecule has 0 aromatic heterocycles. The minimum Gasteiger partial charge on any atom is -0.349 e. The van der Waals surface area contributed by atoms with Crippen molar-refractivity contribution in [2.24, 2.45) is 11.3 Å². The molecule has 0 saturated carbocycles. The molecule has 138 valence electrons. The fourth-order valence-corrected chi connectivity index (χ4v) is 3.28. The molecule has 5 nitrogen and oxygen atoms in total. The number of piperidine rings is 1. The first-order chi connectivity index (χ1) is 11.7. The van der Waals surface area contributed by atoms with E-state index >= 15 is 0 Å². The van der Waals surface area contributed by atoms with Crippen LogP contribution in [0.1, 0.15) is 50.9 Å². The van der Waals surface area contributed by atoms with Crippen LogP contribution in [0.5, 0.6) is 0 Å². The normalized spacial score (nSPS) is 22.9. The lowest BCUT2D eigenvalue weighted by atomic mass is 9.87. The van der Waals surface area contributed by atoms with Crippen LogP contribution in [0.2, 0.25) is 0 Å². The summed E-state index contributed by atoms with van der Waals surface area (Å²) in [5.41, 5.74) is 0.230. The van der Waals surface area contributed by atoms with Crippen molar-refractivity contribution < 1.29 is 9.59 Å². The van der Waals surface area contributed by atoms with Crippen LogP contribution >= 0.6 is 0 Å². The zero-order valence-corrected chi connectivity index (χ0v) is 16.0. The van der Waals surface area contributed by atoms with Crippen LogP contribution in [0.25, 0.3) is 0 Å². The first-order valence-corrected chi connectivity index (χ1v) is 9.07. The largest absolute Gasteiger partial charge is 0.349 e. The van der Waals surface area contributed by atoms with Crippen LogP contribution < -0.4 is 10.6 Å². The molecule has 1 aliphatic rings. The molecule has 1 saturated heterocycles. The molecule has 1 heterocycles. The zero-order valence-electron chi connectivity index (χ0n) is 16.0. The van der Waals surface area contributed by atoms with Gasteiger partial charge in [-0.05, 0) is 45.5 Å². The average molecular weight is 345 g/mol. The molecular formula is C20H31N3O2. The van der Waals surface area contributed by atoms with Gasteiger partial charge in [-0.15, -0.1) is 0 Å². The molecule has 2 N–H and O–H groups in total. The average Bonchev–Trinajstić information content (AvgIpc) is 2.56. The highest BCUT2D eigenvalue weighted by molar-refractivity contribution is 5.94. The van der Waals surface area contributed by atoms with Gasteiger partial charge in [0.05, 0.1) is 6.17 Å². The monoisotopic (exact) mass is 345 g/mol. The third kappa shape index (κ3) is 5.05. The van der Waals surface area contributed by atoms with Crippen molar-refractivity contribution >= 4 is 11.8 Å². The van der Waals surface area contributed by atoms with Gasteiger partial charge in [0.1, 0.15) is 0 Å². The van der Waals surface area contributed by atoms with Crippen molar-refractivity contribution in [2.75, 3.05) is 13.6 Å². The molecule has 1 aromatic carbocycles. The van der Waals surface area contributed by atoms with E-state index in [1.54, 1.807) is 0 Å². The summed E-state index contributed by atoms with van der Waals surface area (Å²) >= 11 is 0. The molecule has 3 unspecified atom stereocenters. The number of amides is 2. The summed E-state index contributed by atoms with van der Waals surface area (Å²) in [6.45, 7) is 8.73. The topological polar surface area (TPSA) is 61.4 Å². The SMILES string of the molecule is CC(NC(=O)c1ccccc1)C1CCCN(C)C1NC(=O)C(C)(C)C. The van der Waals surface area contributed by atoms with Crippen LogP contribution in [-0.2, 0) is 4.79 Å². The summed E-state index contributed by atoms with van der Waals surface area (Å²) < 4.78 is 0. The van der Waals surface area contributed by atoms with Gasteiger partial charge in [0.15, 0.2) is 0 Å². The number of nitrogens with zero attached hydrogens (tertiary/aromatic N) is 1. The van der Waals surface area contributed by atoms with E-state index in [9.17, 15) is 9.59 Å². The van der Waals surface area contributed by atoms with Crippen LogP contribution in [0, 0.1) is 11.3 Å². The Balaban J connectivity index is 2.08. The summed E-state index contributed by atoms with van der Waals surface area (Å²) in [6, 6.07) is 9.22. The third-order valence-corrected chi connectivity index (χ3v) is 4.93. The van der Waals surface area contributed by atoms with Crippen LogP contribution in [0.15, 0.2) is 30.3 Å². The predicted octanol–water partition coefficient (Wildman–Crippen LogP) is 2.64. The second kappa shape index (κ2) is 8.00. The molecule has 1 aromatic rings. The summed E-state index contributed by atoms with van der Waals surface area (Å²) in [5.74, 6) is 0.151. The number of benzene rings is 1. The first-order valence-electron chi connectivity index (χ1n) is 9.07. The van der Waals surface area contributed by atoms with Crippen molar-refractivity contribution in [2.45, 2.75) is 52.7 Å². The number of carbonyl (C=O) groups excluding carboxylic acids is 2. The molecule has 0 bridgehead atoms. The standard InChI is InChI=1S/C20H31N3O2/c1-14(21-18(24)15-10-7-6-8-11-15)16-12-9-13-23(5)17(16)22-19(25)20(2,3)4/h6-8,10-11,14,16-17H,9,12-13H2,1-5H3,(H,21,24)(H,22,25). The van der Waals surface area contributed by atoms with Gasteiger partial charge in [0.2, 0.25) is 5.91 Å². The maximum Gasteiger partial charge on any atom is 0.251 e. The van der Waals surface area contributed by atoms with E-state index in [2.05, 4.69) is 15.5 Å². The summed E-state index contributed by atoms with van der Waals surface area (Å²) in [6.07, 6.45) is 1.98. The molecule has 3 atom stereocenters. The molecule has 1 fully saturated rings. The van der Waals surface area contributed by atoms with Crippen LogP contribution in [0.4, 0.5) is 0 Å². The molecule has 2 rings (SSSR count). The lowest BCUT2D eigenvalue weighted by Gasteiger charge is -2.43. The van der Waals surface area contributed by atoms with Gasteiger partial charge < -0.3 is 10.6 Å². The van der Waals surface area contributed by atoms with Gasteiger partial charge in [0, 0.05) is 22.9 Å². The molecule has 0 spiro atoms. The van der Waals surface area contributed by atoms with Gasteiger partial charge in [-0.3, -0.25) is 14.5 Å². The smallest absolute Gasteiger partial charge is 0.251 e. The fourth-order valence-electron chi connectivity index (χ4n) is 3.28. The Morgan fingerprint density at radius 3 is 2.44 bits per heavy atom. The van der Waals surface area contributed by atoms with Crippen molar-refractivity contribution in [3.05, 3.63) is 35.9 Å². The van der Waals surface area contributed by atoms with E-state index < -0.39 is 5.41 Å². The Hall–Kier alpha value is -1.88. The van der Waals surface area contributed by atoms with E-state index in [1.807, 2.05) is 65.1 Å². The van der Waals surface area contributed by atoms with Gasteiger partial charge >= 0.3 is 0 Å². The van der Waals surface area contributed by atoms with Crippen molar-refractivity contribution in [3.8, 4) is 0 Å². The molecule has 2 amide bonds. The first kappa shape index (κ1) is 19.4. The maximum atomic E-state index is 12.5. The van der Waals surface area contributed by atoms with E-state index in [4.69, 9.17) is 0 Å². The number of rotatable bonds is 4. The van der Waals surface area contributed by atoms with Crippen molar-refractivity contribution in [1.82, 2.24) is 15.5 Å².